The van der Waals surface area contributed by atoms with Gasteiger partial charge in [0.05, 0.1) is 6.61 Å². The first kappa shape index (κ1) is 9.56. The summed E-state index contributed by atoms with van der Waals surface area (Å²) < 4.78 is 4.47. The summed E-state index contributed by atoms with van der Waals surface area (Å²) in [5.41, 5.74) is 4.72. The molecule has 0 bridgehead atoms. The molecule has 0 heterocycles. The minimum Gasteiger partial charge on any atom is -0.450 e. The summed E-state index contributed by atoms with van der Waals surface area (Å²) in [6.07, 6.45) is 0.810. The Morgan fingerprint density at radius 2 is 2.40 bits per heavy atom. The van der Waals surface area contributed by atoms with Crippen molar-refractivity contribution in [3.63, 3.8) is 0 Å². The molecular weight excluding hydrogens is 154 g/mol. The third-order valence-electron chi connectivity index (χ3n) is 1.12. The second-order valence-electron chi connectivity index (χ2n) is 1.96. The standard InChI is InChI=1S/C6H12ClNO2/c1-2-5(7)3-4-10-6(8)9/h5H,2-4H2,1H3,(H2,8,9). The number of nitrogens with two attached hydrogens (primary N) is 1. The van der Waals surface area contributed by atoms with Crippen LogP contribution in [0.1, 0.15) is 19.8 Å². The Kier molecular flexibility index (Phi) is 5.12. The summed E-state index contributed by atoms with van der Waals surface area (Å²) in [7, 11) is 0. The van der Waals surface area contributed by atoms with Gasteiger partial charge in [-0.15, -0.1) is 11.6 Å². The summed E-state index contributed by atoms with van der Waals surface area (Å²) in [6.45, 7) is 2.29. The zero-order valence-electron chi connectivity index (χ0n) is 5.97. The van der Waals surface area contributed by atoms with Gasteiger partial charge in [-0.05, 0) is 12.8 Å². The number of hydrogen-bond acceptors (Lipinski definition) is 2. The second kappa shape index (κ2) is 5.35. The molecule has 0 aliphatic heterocycles. The number of primary amides is 1. The van der Waals surface area contributed by atoms with Gasteiger partial charge < -0.3 is 10.5 Å². The van der Waals surface area contributed by atoms with Crippen LogP contribution < -0.4 is 5.73 Å². The summed E-state index contributed by atoms with van der Waals surface area (Å²) in [4.78, 5) is 10.0. The van der Waals surface area contributed by atoms with E-state index in [4.69, 9.17) is 17.3 Å². The summed E-state index contributed by atoms with van der Waals surface area (Å²) >= 11 is 5.72. The molecule has 1 unspecified atom stereocenters. The molecule has 0 aromatic rings. The monoisotopic (exact) mass is 165 g/mol. The molecule has 0 aliphatic rings. The molecule has 0 saturated carbocycles. The van der Waals surface area contributed by atoms with E-state index < -0.39 is 6.09 Å². The summed E-state index contributed by atoms with van der Waals surface area (Å²) in [5, 5.41) is 0.0827. The Morgan fingerprint density at radius 1 is 1.80 bits per heavy atom. The van der Waals surface area contributed by atoms with E-state index in [0.29, 0.717) is 13.0 Å². The molecule has 0 aromatic carbocycles. The molecular formula is C6H12ClNO2. The number of ether oxygens (including phenoxy) is 1. The molecule has 2 N–H and O–H groups in total. The van der Waals surface area contributed by atoms with Crippen LogP contribution in [0.25, 0.3) is 0 Å². The van der Waals surface area contributed by atoms with E-state index in [1.807, 2.05) is 6.92 Å². The Hall–Kier alpha value is -0.440. The molecule has 10 heavy (non-hydrogen) atoms. The molecule has 1 amide bonds. The predicted molar refractivity (Wildman–Crippen MR) is 40.1 cm³/mol. The fraction of sp³-hybridized carbons (Fsp3) is 0.833. The van der Waals surface area contributed by atoms with Gasteiger partial charge >= 0.3 is 6.09 Å². The third kappa shape index (κ3) is 5.69. The van der Waals surface area contributed by atoms with Crippen LogP contribution in [0.3, 0.4) is 0 Å². The Morgan fingerprint density at radius 3 is 2.80 bits per heavy atom. The van der Waals surface area contributed by atoms with Crippen molar-refractivity contribution >= 4 is 17.7 Å². The van der Waals surface area contributed by atoms with Gasteiger partial charge in [-0.25, -0.2) is 4.79 Å². The summed E-state index contributed by atoms with van der Waals surface area (Å²) in [5.74, 6) is 0. The van der Waals surface area contributed by atoms with Crippen LogP contribution in [0.5, 0.6) is 0 Å². The number of hydrogen-bond donors (Lipinski definition) is 1. The number of amides is 1. The lowest BCUT2D eigenvalue weighted by molar-refractivity contribution is 0.155. The zero-order chi connectivity index (χ0) is 7.98. The molecule has 0 saturated heterocycles. The highest BCUT2D eigenvalue weighted by Gasteiger charge is 2.01. The van der Waals surface area contributed by atoms with Crippen LogP contribution in [0.2, 0.25) is 0 Å². The predicted octanol–water partition coefficient (Wildman–Crippen LogP) is 1.49. The lowest BCUT2D eigenvalue weighted by atomic mass is 10.2. The Labute approximate surface area is 65.5 Å². The van der Waals surface area contributed by atoms with Crippen LogP contribution in [-0.2, 0) is 4.74 Å². The van der Waals surface area contributed by atoms with Crippen molar-refractivity contribution in [2.45, 2.75) is 25.1 Å². The van der Waals surface area contributed by atoms with Gasteiger partial charge in [-0.2, -0.15) is 0 Å². The lowest BCUT2D eigenvalue weighted by Crippen LogP contribution is -2.15. The van der Waals surface area contributed by atoms with Gasteiger partial charge in [-0.1, -0.05) is 6.92 Å². The van der Waals surface area contributed by atoms with Crippen molar-refractivity contribution in [2.24, 2.45) is 5.73 Å². The molecule has 60 valence electrons. The smallest absolute Gasteiger partial charge is 0.404 e. The molecule has 4 heteroatoms. The first-order valence-electron chi connectivity index (χ1n) is 3.23. The van der Waals surface area contributed by atoms with Crippen molar-refractivity contribution in [2.75, 3.05) is 6.61 Å². The topological polar surface area (TPSA) is 52.3 Å². The van der Waals surface area contributed by atoms with Gasteiger partial charge in [0.15, 0.2) is 0 Å². The highest BCUT2D eigenvalue weighted by Crippen LogP contribution is 2.05. The maximum absolute atomic E-state index is 10.0. The highest BCUT2D eigenvalue weighted by atomic mass is 35.5. The lowest BCUT2D eigenvalue weighted by Gasteiger charge is -2.04. The van der Waals surface area contributed by atoms with Crippen LogP contribution in [0.4, 0.5) is 4.79 Å². The van der Waals surface area contributed by atoms with Crippen molar-refractivity contribution in [1.29, 1.82) is 0 Å². The largest absolute Gasteiger partial charge is 0.450 e. The van der Waals surface area contributed by atoms with Crippen molar-refractivity contribution in [1.82, 2.24) is 0 Å². The van der Waals surface area contributed by atoms with Gasteiger partial charge in [0.2, 0.25) is 0 Å². The van der Waals surface area contributed by atoms with Crippen LogP contribution >= 0.6 is 11.6 Å². The highest BCUT2D eigenvalue weighted by molar-refractivity contribution is 6.20. The van der Waals surface area contributed by atoms with Crippen molar-refractivity contribution < 1.29 is 9.53 Å². The van der Waals surface area contributed by atoms with Gasteiger partial charge in [-0.3, -0.25) is 0 Å². The van der Waals surface area contributed by atoms with Crippen LogP contribution in [0.15, 0.2) is 0 Å². The van der Waals surface area contributed by atoms with E-state index in [1.165, 1.54) is 0 Å². The average Bonchev–Trinajstić information content (AvgIpc) is 1.87. The number of carbonyl (C=O) groups excluding carboxylic acids is 1. The molecule has 0 fully saturated rings. The van der Waals surface area contributed by atoms with Crippen molar-refractivity contribution in [3.05, 3.63) is 0 Å². The first-order chi connectivity index (χ1) is 4.66. The van der Waals surface area contributed by atoms with E-state index >= 15 is 0 Å². The third-order valence-corrected chi connectivity index (χ3v) is 1.65. The normalized spacial score (nSPS) is 12.6. The van der Waals surface area contributed by atoms with Gasteiger partial charge in [0.1, 0.15) is 0 Å². The maximum atomic E-state index is 10.0. The van der Waals surface area contributed by atoms with E-state index in [0.717, 1.165) is 6.42 Å². The maximum Gasteiger partial charge on any atom is 0.404 e. The van der Waals surface area contributed by atoms with Gasteiger partial charge in [0, 0.05) is 5.38 Å². The zero-order valence-corrected chi connectivity index (χ0v) is 6.73. The molecule has 1 atom stereocenters. The fourth-order valence-corrected chi connectivity index (χ4v) is 0.581. The molecule has 0 radical (unpaired) electrons. The van der Waals surface area contributed by atoms with Gasteiger partial charge in [0.25, 0.3) is 0 Å². The number of alkyl halides is 1. The summed E-state index contributed by atoms with van der Waals surface area (Å²) in [6, 6.07) is 0. The van der Waals surface area contributed by atoms with E-state index in [1.54, 1.807) is 0 Å². The quantitative estimate of drug-likeness (QED) is 0.642. The van der Waals surface area contributed by atoms with Crippen molar-refractivity contribution in [3.8, 4) is 0 Å². The van der Waals surface area contributed by atoms with E-state index in [2.05, 4.69) is 4.74 Å². The van der Waals surface area contributed by atoms with Crippen LogP contribution in [0, 0.1) is 0 Å². The fourth-order valence-electron chi connectivity index (χ4n) is 0.492. The molecule has 3 nitrogen and oxygen atoms in total. The van der Waals surface area contributed by atoms with E-state index in [9.17, 15) is 4.79 Å². The second-order valence-corrected chi connectivity index (χ2v) is 2.58. The molecule has 0 aliphatic carbocycles. The minimum atomic E-state index is -0.736. The average molecular weight is 166 g/mol. The van der Waals surface area contributed by atoms with E-state index in [-0.39, 0.29) is 5.38 Å². The number of rotatable bonds is 4. The first-order valence-corrected chi connectivity index (χ1v) is 3.66. The SMILES string of the molecule is CCC(Cl)CCOC(N)=O. The molecule has 0 spiro atoms. The molecule has 0 rings (SSSR count). The Bertz CT molecular complexity index is 108. The minimum absolute atomic E-state index is 0.0827. The number of halogens is 1. The van der Waals surface area contributed by atoms with Crippen LogP contribution in [-0.4, -0.2) is 18.1 Å². The Balaban J connectivity index is 3.11. The molecule has 0 aromatic heterocycles. The number of carbonyl (C=O) groups is 1.